The predicted molar refractivity (Wildman–Crippen MR) is 67.3 cm³/mol. The van der Waals surface area contributed by atoms with E-state index >= 15 is 0 Å². The van der Waals surface area contributed by atoms with Gasteiger partial charge in [0, 0.05) is 18.6 Å². The molecular weight excluding hydrogens is 224 g/mol. The van der Waals surface area contributed by atoms with Gasteiger partial charge in [0.25, 0.3) is 0 Å². The van der Waals surface area contributed by atoms with Gasteiger partial charge in [0.05, 0.1) is 5.69 Å². The van der Waals surface area contributed by atoms with Crippen molar-refractivity contribution in [3.63, 3.8) is 0 Å². The number of benzene rings is 1. The summed E-state index contributed by atoms with van der Waals surface area (Å²) in [6.07, 6.45) is 0.725. The smallest absolute Gasteiger partial charge is 0.224 e. The molecule has 4 nitrogen and oxygen atoms in total. The van der Waals surface area contributed by atoms with Crippen molar-refractivity contribution in [2.75, 3.05) is 11.9 Å². The Balaban J connectivity index is 2.73. The molecule has 0 spiro atoms. The molecule has 0 saturated heterocycles. The van der Waals surface area contributed by atoms with Gasteiger partial charge in [-0.05, 0) is 18.6 Å². The first-order chi connectivity index (χ1) is 7.65. The fourth-order valence-corrected chi connectivity index (χ4v) is 1.44. The highest BCUT2D eigenvalue weighted by Crippen LogP contribution is 2.15. The number of rotatable bonds is 5. The molecule has 0 aliphatic heterocycles. The van der Waals surface area contributed by atoms with Crippen LogP contribution in [0.4, 0.5) is 5.69 Å². The molecule has 0 aromatic heterocycles. The molecule has 0 fully saturated rings. The summed E-state index contributed by atoms with van der Waals surface area (Å²) >= 11 is 4.88. The molecule has 4 N–H and O–H groups in total. The molecule has 0 bridgehead atoms. The van der Waals surface area contributed by atoms with Crippen LogP contribution in [0.3, 0.4) is 0 Å². The van der Waals surface area contributed by atoms with Crippen molar-refractivity contribution in [1.82, 2.24) is 0 Å². The summed E-state index contributed by atoms with van der Waals surface area (Å²) in [6.45, 7) is 0.00433. The second kappa shape index (κ2) is 6.19. The van der Waals surface area contributed by atoms with E-state index in [-0.39, 0.29) is 23.9 Å². The number of aliphatic hydroxyl groups excluding tert-OH is 1. The Morgan fingerprint density at radius 3 is 2.75 bits per heavy atom. The minimum Gasteiger partial charge on any atom is -0.396 e. The van der Waals surface area contributed by atoms with Crippen LogP contribution in [0.5, 0.6) is 0 Å². The van der Waals surface area contributed by atoms with Crippen LogP contribution < -0.4 is 11.1 Å². The number of carbonyl (C=O) groups excluding carboxylic acids is 1. The number of carbonyl (C=O) groups is 1. The lowest BCUT2D eigenvalue weighted by Crippen LogP contribution is -2.17. The van der Waals surface area contributed by atoms with Crippen molar-refractivity contribution >= 4 is 28.8 Å². The molecule has 0 radical (unpaired) electrons. The molecule has 0 heterocycles. The molecule has 1 amide bonds. The topological polar surface area (TPSA) is 75.3 Å². The summed E-state index contributed by atoms with van der Waals surface area (Å²) in [4.78, 5) is 11.7. The first-order valence-corrected chi connectivity index (χ1v) is 5.35. The number of nitrogens with one attached hydrogen (secondary N) is 1. The van der Waals surface area contributed by atoms with Crippen LogP contribution in [-0.2, 0) is 4.79 Å². The summed E-state index contributed by atoms with van der Waals surface area (Å²) in [5.74, 6) is -0.155. The molecule has 0 atom stereocenters. The van der Waals surface area contributed by atoms with Crippen LogP contribution in [-0.4, -0.2) is 22.6 Å². The van der Waals surface area contributed by atoms with Crippen LogP contribution in [0.2, 0.25) is 0 Å². The Morgan fingerprint density at radius 2 is 2.12 bits per heavy atom. The fourth-order valence-electron chi connectivity index (χ4n) is 1.26. The van der Waals surface area contributed by atoms with E-state index in [0.29, 0.717) is 17.7 Å². The maximum atomic E-state index is 11.4. The quantitative estimate of drug-likeness (QED) is 0.670. The van der Waals surface area contributed by atoms with Gasteiger partial charge in [0.15, 0.2) is 0 Å². The molecular formula is C11H14N2O2S. The van der Waals surface area contributed by atoms with E-state index in [0.717, 1.165) is 0 Å². The standard InChI is InChI=1S/C11H14N2O2S/c12-11(16)8-4-1-2-5-9(8)13-10(15)6-3-7-14/h1-2,4-5,14H,3,6-7H2,(H2,12,16)(H,13,15). The average molecular weight is 238 g/mol. The van der Waals surface area contributed by atoms with Gasteiger partial charge in [-0.25, -0.2) is 0 Å². The van der Waals surface area contributed by atoms with Crippen LogP contribution in [0, 0.1) is 0 Å². The predicted octanol–water partition coefficient (Wildman–Crippen LogP) is 1.03. The molecule has 0 saturated carbocycles. The molecule has 1 aromatic rings. The normalized spacial score (nSPS) is 9.81. The summed E-state index contributed by atoms with van der Waals surface area (Å²) in [7, 11) is 0. The van der Waals surface area contributed by atoms with Crippen LogP contribution >= 0.6 is 12.2 Å². The number of thiocarbonyl (C=S) groups is 1. The van der Waals surface area contributed by atoms with Crippen LogP contribution in [0.25, 0.3) is 0 Å². The second-order valence-corrected chi connectivity index (χ2v) is 3.72. The van der Waals surface area contributed by atoms with Gasteiger partial charge >= 0.3 is 0 Å². The lowest BCUT2D eigenvalue weighted by molar-refractivity contribution is -0.116. The highest BCUT2D eigenvalue weighted by molar-refractivity contribution is 7.80. The van der Waals surface area contributed by atoms with Crippen LogP contribution in [0.15, 0.2) is 24.3 Å². The molecule has 0 unspecified atom stereocenters. The van der Waals surface area contributed by atoms with Gasteiger partial charge in [-0.1, -0.05) is 24.4 Å². The van der Waals surface area contributed by atoms with Crippen molar-refractivity contribution in [2.24, 2.45) is 5.73 Å². The third-order valence-electron chi connectivity index (χ3n) is 2.03. The summed E-state index contributed by atoms with van der Waals surface area (Å²) in [5, 5.41) is 11.3. The third kappa shape index (κ3) is 3.60. The Hall–Kier alpha value is -1.46. The van der Waals surface area contributed by atoms with Crippen molar-refractivity contribution in [3.05, 3.63) is 29.8 Å². The van der Waals surface area contributed by atoms with Gasteiger partial charge in [0.1, 0.15) is 4.99 Å². The minimum atomic E-state index is -0.155. The maximum absolute atomic E-state index is 11.4. The van der Waals surface area contributed by atoms with Crippen molar-refractivity contribution < 1.29 is 9.90 Å². The monoisotopic (exact) mass is 238 g/mol. The largest absolute Gasteiger partial charge is 0.396 e. The zero-order valence-corrected chi connectivity index (χ0v) is 9.59. The second-order valence-electron chi connectivity index (χ2n) is 3.29. The zero-order valence-electron chi connectivity index (χ0n) is 8.77. The number of para-hydroxylation sites is 1. The Morgan fingerprint density at radius 1 is 1.44 bits per heavy atom. The number of hydrogen-bond donors (Lipinski definition) is 3. The SMILES string of the molecule is NC(=S)c1ccccc1NC(=O)CCCO. The van der Waals surface area contributed by atoms with Gasteiger partial charge in [-0.2, -0.15) is 0 Å². The minimum absolute atomic E-state index is 0.00433. The highest BCUT2D eigenvalue weighted by Gasteiger charge is 2.07. The van der Waals surface area contributed by atoms with Gasteiger partial charge < -0.3 is 16.2 Å². The van der Waals surface area contributed by atoms with E-state index < -0.39 is 0 Å². The van der Waals surface area contributed by atoms with E-state index in [9.17, 15) is 4.79 Å². The number of anilines is 1. The highest BCUT2D eigenvalue weighted by atomic mass is 32.1. The third-order valence-corrected chi connectivity index (χ3v) is 2.25. The number of hydrogen-bond acceptors (Lipinski definition) is 3. The fraction of sp³-hybridized carbons (Fsp3) is 0.273. The van der Waals surface area contributed by atoms with Crippen molar-refractivity contribution in [2.45, 2.75) is 12.8 Å². The van der Waals surface area contributed by atoms with E-state index in [1.54, 1.807) is 24.3 Å². The summed E-state index contributed by atoms with van der Waals surface area (Å²) in [6, 6.07) is 7.09. The molecule has 1 aromatic carbocycles. The number of aliphatic hydroxyl groups is 1. The Labute approximate surface area is 99.5 Å². The van der Waals surface area contributed by atoms with E-state index in [4.69, 9.17) is 23.1 Å². The first-order valence-electron chi connectivity index (χ1n) is 4.94. The number of amides is 1. The average Bonchev–Trinajstić information content (AvgIpc) is 2.27. The van der Waals surface area contributed by atoms with Crippen molar-refractivity contribution in [1.29, 1.82) is 0 Å². The van der Waals surface area contributed by atoms with E-state index in [2.05, 4.69) is 5.32 Å². The lowest BCUT2D eigenvalue weighted by Gasteiger charge is -2.09. The molecule has 0 aliphatic carbocycles. The molecule has 5 heteroatoms. The zero-order chi connectivity index (χ0) is 12.0. The molecule has 86 valence electrons. The Bertz CT molecular complexity index is 393. The van der Waals surface area contributed by atoms with Crippen molar-refractivity contribution in [3.8, 4) is 0 Å². The summed E-state index contributed by atoms with van der Waals surface area (Å²) < 4.78 is 0. The molecule has 1 rings (SSSR count). The molecule has 16 heavy (non-hydrogen) atoms. The summed E-state index contributed by atoms with van der Waals surface area (Å²) in [5.41, 5.74) is 6.79. The maximum Gasteiger partial charge on any atom is 0.224 e. The first kappa shape index (κ1) is 12.6. The Kier molecular flexibility index (Phi) is 4.88. The van der Waals surface area contributed by atoms with E-state index in [1.165, 1.54) is 0 Å². The van der Waals surface area contributed by atoms with Crippen LogP contribution in [0.1, 0.15) is 18.4 Å². The van der Waals surface area contributed by atoms with E-state index in [1.807, 2.05) is 0 Å². The lowest BCUT2D eigenvalue weighted by atomic mass is 10.1. The van der Waals surface area contributed by atoms with Gasteiger partial charge in [-0.3, -0.25) is 4.79 Å². The van der Waals surface area contributed by atoms with Gasteiger partial charge in [-0.15, -0.1) is 0 Å². The molecule has 0 aliphatic rings. The number of nitrogens with two attached hydrogens (primary N) is 1. The van der Waals surface area contributed by atoms with Gasteiger partial charge in [0.2, 0.25) is 5.91 Å².